The molecular formula is C17H22N2O5. The van der Waals surface area contributed by atoms with E-state index in [2.05, 4.69) is 10.6 Å². The Kier molecular flexibility index (Phi) is 6.17. The summed E-state index contributed by atoms with van der Waals surface area (Å²) in [6.07, 6.45) is 1.66. The number of hydrogen-bond acceptors (Lipinski definition) is 4. The van der Waals surface area contributed by atoms with Crippen LogP contribution in [0.1, 0.15) is 36.5 Å². The number of rotatable bonds is 7. The van der Waals surface area contributed by atoms with E-state index in [-0.39, 0.29) is 24.4 Å². The molecule has 2 amide bonds. The number of ether oxygens (including phenoxy) is 1. The fourth-order valence-corrected chi connectivity index (χ4v) is 2.75. The summed E-state index contributed by atoms with van der Waals surface area (Å²) in [5, 5.41) is 14.3. The van der Waals surface area contributed by atoms with E-state index in [1.54, 1.807) is 24.3 Å². The number of hydrogen-bond donors (Lipinski definition) is 3. The van der Waals surface area contributed by atoms with Gasteiger partial charge in [-0.25, -0.2) is 0 Å². The van der Waals surface area contributed by atoms with E-state index in [0.29, 0.717) is 37.2 Å². The molecule has 1 aromatic rings. The van der Waals surface area contributed by atoms with Crippen molar-refractivity contribution in [2.75, 3.05) is 13.2 Å². The minimum Gasteiger partial charge on any atom is -0.494 e. The smallest absolute Gasteiger partial charge is 0.306 e. The monoisotopic (exact) mass is 334 g/mol. The summed E-state index contributed by atoms with van der Waals surface area (Å²) in [5.74, 6) is -1.20. The Morgan fingerprint density at radius 2 is 1.92 bits per heavy atom. The molecule has 0 aliphatic heterocycles. The number of carboxylic acids is 1. The lowest BCUT2D eigenvalue weighted by Crippen LogP contribution is -2.41. The van der Waals surface area contributed by atoms with E-state index in [4.69, 9.17) is 9.84 Å². The maximum atomic E-state index is 12.0. The topological polar surface area (TPSA) is 105 Å². The molecule has 1 fully saturated rings. The summed E-state index contributed by atoms with van der Waals surface area (Å²) >= 11 is 0. The number of nitrogens with one attached hydrogen (secondary N) is 2. The third-order valence-corrected chi connectivity index (χ3v) is 3.98. The maximum Gasteiger partial charge on any atom is 0.306 e. The summed E-state index contributed by atoms with van der Waals surface area (Å²) < 4.78 is 5.30. The predicted octanol–water partition coefficient (Wildman–Crippen LogP) is 1.18. The minimum absolute atomic E-state index is 0.138. The van der Waals surface area contributed by atoms with Gasteiger partial charge in [0.25, 0.3) is 5.91 Å². The van der Waals surface area contributed by atoms with Crippen molar-refractivity contribution in [3.63, 3.8) is 0 Å². The van der Waals surface area contributed by atoms with Gasteiger partial charge in [0, 0.05) is 11.6 Å². The average Bonchev–Trinajstić information content (AvgIpc) is 3.02. The summed E-state index contributed by atoms with van der Waals surface area (Å²) in [5.41, 5.74) is 0.443. The zero-order valence-electron chi connectivity index (χ0n) is 13.6. The first kappa shape index (κ1) is 17.8. The van der Waals surface area contributed by atoms with Gasteiger partial charge in [0.05, 0.1) is 19.1 Å². The molecule has 0 aromatic heterocycles. The molecule has 1 aromatic carbocycles. The molecule has 24 heavy (non-hydrogen) atoms. The predicted molar refractivity (Wildman–Crippen MR) is 86.9 cm³/mol. The van der Waals surface area contributed by atoms with Crippen LogP contribution in [0.4, 0.5) is 0 Å². The number of carboxylic acid groups (broad SMARTS) is 1. The van der Waals surface area contributed by atoms with Crippen molar-refractivity contribution in [3.8, 4) is 5.75 Å². The van der Waals surface area contributed by atoms with Crippen LogP contribution in [-0.4, -0.2) is 42.1 Å². The first-order chi connectivity index (χ1) is 11.5. The van der Waals surface area contributed by atoms with Crippen molar-refractivity contribution in [3.05, 3.63) is 29.8 Å². The van der Waals surface area contributed by atoms with Crippen molar-refractivity contribution >= 4 is 17.8 Å². The Morgan fingerprint density at radius 3 is 2.50 bits per heavy atom. The normalized spacial score (nSPS) is 19.5. The highest BCUT2D eigenvalue weighted by Crippen LogP contribution is 2.25. The van der Waals surface area contributed by atoms with Crippen LogP contribution >= 0.6 is 0 Å². The molecule has 0 radical (unpaired) electrons. The zero-order valence-corrected chi connectivity index (χ0v) is 13.6. The van der Waals surface area contributed by atoms with Crippen LogP contribution in [0.2, 0.25) is 0 Å². The van der Waals surface area contributed by atoms with Crippen molar-refractivity contribution in [2.24, 2.45) is 5.92 Å². The highest BCUT2D eigenvalue weighted by molar-refractivity contribution is 5.96. The number of benzene rings is 1. The van der Waals surface area contributed by atoms with Crippen LogP contribution in [0.5, 0.6) is 5.75 Å². The Labute approximate surface area is 140 Å². The second kappa shape index (κ2) is 8.33. The summed E-state index contributed by atoms with van der Waals surface area (Å²) in [4.78, 5) is 34.7. The molecule has 0 saturated heterocycles. The Balaban J connectivity index is 1.75. The fraction of sp³-hybridized carbons (Fsp3) is 0.471. The zero-order chi connectivity index (χ0) is 17.5. The largest absolute Gasteiger partial charge is 0.494 e. The number of amides is 2. The van der Waals surface area contributed by atoms with Gasteiger partial charge < -0.3 is 20.5 Å². The summed E-state index contributed by atoms with van der Waals surface area (Å²) in [6, 6.07) is 6.52. The van der Waals surface area contributed by atoms with Crippen molar-refractivity contribution in [1.29, 1.82) is 0 Å². The lowest BCUT2D eigenvalue weighted by Gasteiger charge is -2.13. The summed E-state index contributed by atoms with van der Waals surface area (Å²) in [6.45, 7) is 2.29. The number of carbonyl (C=O) groups is 3. The molecule has 3 N–H and O–H groups in total. The second-order valence-corrected chi connectivity index (χ2v) is 5.75. The fourth-order valence-electron chi connectivity index (χ4n) is 2.75. The SMILES string of the molecule is CCOc1ccc(C(=O)NCC(=O)N[C@H]2CC[C@@H](C(=O)O)C2)cc1. The highest BCUT2D eigenvalue weighted by atomic mass is 16.5. The lowest BCUT2D eigenvalue weighted by molar-refractivity contribution is -0.141. The summed E-state index contributed by atoms with van der Waals surface area (Å²) in [7, 11) is 0. The highest BCUT2D eigenvalue weighted by Gasteiger charge is 2.30. The second-order valence-electron chi connectivity index (χ2n) is 5.75. The lowest BCUT2D eigenvalue weighted by atomic mass is 10.1. The maximum absolute atomic E-state index is 12.0. The molecule has 7 nitrogen and oxygen atoms in total. The molecule has 0 unspecified atom stereocenters. The van der Waals surface area contributed by atoms with E-state index in [1.807, 2.05) is 6.92 Å². The van der Waals surface area contributed by atoms with Crippen LogP contribution in [0, 0.1) is 5.92 Å². The number of carbonyl (C=O) groups excluding carboxylic acids is 2. The van der Waals surface area contributed by atoms with E-state index in [9.17, 15) is 14.4 Å². The molecule has 1 saturated carbocycles. The average molecular weight is 334 g/mol. The van der Waals surface area contributed by atoms with Crippen LogP contribution < -0.4 is 15.4 Å². The molecular weight excluding hydrogens is 312 g/mol. The van der Waals surface area contributed by atoms with Crippen molar-refractivity contribution in [1.82, 2.24) is 10.6 Å². The molecule has 0 spiro atoms. The van der Waals surface area contributed by atoms with Gasteiger partial charge in [0.15, 0.2) is 0 Å². The molecule has 0 heterocycles. The van der Waals surface area contributed by atoms with Gasteiger partial charge in [-0.05, 0) is 50.5 Å². The quantitative estimate of drug-likeness (QED) is 0.694. The van der Waals surface area contributed by atoms with Gasteiger partial charge in [-0.1, -0.05) is 0 Å². The van der Waals surface area contributed by atoms with Gasteiger partial charge in [0.2, 0.25) is 5.91 Å². The van der Waals surface area contributed by atoms with Gasteiger partial charge in [0.1, 0.15) is 5.75 Å². The van der Waals surface area contributed by atoms with Gasteiger partial charge in [-0.2, -0.15) is 0 Å². The first-order valence-electron chi connectivity index (χ1n) is 8.02. The van der Waals surface area contributed by atoms with Crippen LogP contribution in [0.3, 0.4) is 0 Å². The molecule has 130 valence electrons. The van der Waals surface area contributed by atoms with Crippen molar-refractivity contribution < 1.29 is 24.2 Å². The Bertz CT molecular complexity index is 600. The first-order valence-corrected chi connectivity index (χ1v) is 8.02. The molecule has 2 rings (SSSR count). The molecule has 0 bridgehead atoms. The Morgan fingerprint density at radius 1 is 1.21 bits per heavy atom. The van der Waals surface area contributed by atoms with E-state index < -0.39 is 11.9 Å². The third-order valence-electron chi connectivity index (χ3n) is 3.98. The van der Waals surface area contributed by atoms with Gasteiger partial charge in [-0.15, -0.1) is 0 Å². The standard InChI is InChI=1S/C17H22N2O5/c1-2-24-14-7-4-11(5-8-14)16(21)18-10-15(20)19-13-6-3-12(9-13)17(22)23/h4-5,7-8,12-13H,2-3,6,9-10H2,1H3,(H,18,21)(H,19,20)(H,22,23)/t12-,13+/m1/s1. The third kappa shape index (κ3) is 4.97. The molecule has 1 aliphatic carbocycles. The Hall–Kier alpha value is -2.57. The molecule has 2 atom stereocenters. The van der Waals surface area contributed by atoms with Crippen LogP contribution in [-0.2, 0) is 9.59 Å². The molecule has 1 aliphatic rings. The van der Waals surface area contributed by atoms with Crippen LogP contribution in [0.25, 0.3) is 0 Å². The van der Waals surface area contributed by atoms with Gasteiger partial charge >= 0.3 is 5.97 Å². The van der Waals surface area contributed by atoms with Gasteiger partial charge in [-0.3, -0.25) is 14.4 Å². The number of aliphatic carboxylic acids is 1. The van der Waals surface area contributed by atoms with Crippen molar-refractivity contribution in [2.45, 2.75) is 32.2 Å². The van der Waals surface area contributed by atoms with E-state index in [1.165, 1.54) is 0 Å². The van der Waals surface area contributed by atoms with Crippen LogP contribution in [0.15, 0.2) is 24.3 Å². The molecule has 7 heteroatoms. The van der Waals surface area contributed by atoms with E-state index in [0.717, 1.165) is 0 Å². The minimum atomic E-state index is -0.824. The van der Waals surface area contributed by atoms with E-state index >= 15 is 0 Å².